The summed E-state index contributed by atoms with van der Waals surface area (Å²) in [5.74, 6) is 3.53. The monoisotopic (exact) mass is 381 g/mol. The number of pyridine rings is 1. The summed E-state index contributed by atoms with van der Waals surface area (Å²) in [7, 11) is 0. The van der Waals surface area contributed by atoms with Crippen LogP contribution in [0.2, 0.25) is 0 Å². The van der Waals surface area contributed by atoms with E-state index in [9.17, 15) is 0 Å². The fraction of sp³-hybridized carbons (Fsp3) is 0.333. The molecule has 7 nitrogen and oxygen atoms in total. The van der Waals surface area contributed by atoms with Gasteiger partial charge in [0.2, 0.25) is 5.89 Å². The second kappa shape index (κ2) is 8.31. The Balaban J connectivity index is 1.37. The van der Waals surface area contributed by atoms with Gasteiger partial charge in [-0.15, -0.1) is 0 Å². The van der Waals surface area contributed by atoms with Crippen LogP contribution in [-0.4, -0.2) is 29.2 Å². The lowest BCUT2D eigenvalue weighted by Gasteiger charge is -2.09. The zero-order chi connectivity index (χ0) is 19.3. The Morgan fingerprint density at radius 2 is 1.93 bits per heavy atom. The van der Waals surface area contributed by atoms with Gasteiger partial charge in [0.05, 0.1) is 12.8 Å². The molecule has 0 spiro atoms. The van der Waals surface area contributed by atoms with Crippen LogP contribution >= 0.6 is 0 Å². The van der Waals surface area contributed by atoms with Crippen molar-refractivity contribution >= 4 is 0 Å². The molecule has 1 aliphatic rings. The fourth-order valence-electron chi connectivity index (χ4n) is 2.49. The molecular formula is C21H23N3O4. The Labute approximate surface area is 163 Å². The molecule has 28 heavy (non-hydrogen) atoms. The van der Waals surface area contributed by atoms with Gasteiger partial charge in [-0.1, -0.05) is 6.07 Å². The molecule has 1 saturated carbocycles. The van der Waals surface area contributed by atoms with Crippen LogP contribution in [-0.2, 0) is 0 Å². The highest BCUT2D eigenvalue weighted by molar-refractivity contribution is 5.48. The molecule has 0 radical (unpaired) electrons. The van der Waals surface area contributed by atoms with Crippen molar-refractivity contribution in [3.8, 4) is 34.8 Å². The summed E-state index contributed by atoms with van der Waals surface area (Å²) in [6.07, 6.45) is 5.66. The molecule has 7 heteroatoms. The first-order chi connectivity index (χ1) is 13.7. The van der Waals surface area contributed by atoms with Crippen molar-refractivity contribution < 1.29 is 18.6 Å². The number of nitrogens with zero attached hydrogens (tertiary/aromatic N) is 2. The number of rotatable bonds is 9. The Kier molecular flexibility index (Phi) is 5.43. The summed E-state index contributed by atoms with van der Waals surface area (Å²) >= 11 is 0. The quantitative estimate of drug-likeness (QED) is 0.598. The minimum absolute atomic E-state index is 0.0827. The number of nitrogens with two attached hydrogens (primary N) is 1. The fourth-order valence-corrected chi connectivity index (χ4v) is 2.49. The third-order valence-electron chi connectivity index (χ3n) is 4.15. The maximum Gasteiger partial charge on any atom is 0.305 e. The minimum Gasteiger partial charge on any atom is -0.493 e. The van der Waals surface area contributed by atoms with Crippen molar-refractivity contribution in [1.29, 1.82) is 0 Å². The van der Waals surface area contributed by atoms with E-state index in [2.05, 4.69) is 9.97 Å². The molecule has 4 rings (SSSR count). The van der Waals surface area contributed by atoms with E-state index in [4.69, 9.17) is 24.4 Å². The van der Waals surface area contributed by atoms with Gasteiger partial charge in [0.1, 0.15) is 35.7 Å². The van der Waals surface area contributed by atoms with Gasteiger partial charge in [-0.25, -0.2) is 9.97 Å². The summed E-state index contributed by atoms with van der Waals surface area (Å²) in [6, 6.07) is 11.1. The van der Waals surface area contributed by atoms with Crippen molar-refractivity contribution in [1.82, 2.24) is 9.97 Å². The average molecular weight is 381 g/mol. The zero-order valence-electron chi connectivity index (χ0n) is 15.7. The van der Waals surface area contributed by atoms with E-state index in [0.29, 0.717) is 41.6 Å². The summed E-state index contributed by atoms with van der Waals surface area (Å²) in [5, 5.41) is 0. The Morgan fingerprint density at radius 1 is 1.07 bits per heavy atom. The molecule has 146 valence electrons. The normalized spacial score (nSPS) is 14.5. The Bertz CT molecular complexity index is 904. The van der Waals surface area contributed by atoms with Crippen molar-refractivity contribution in [2.24, 2.45) is 11.7 Å². The molecule has 1 fully saturated rings. The first kappa shape index (κ1) is 18.3. The number of ether oxygens (including phenoxy) is 3. The first-order valence-corrected chi connectivity index (χ1v) is 9.37. The van der Waals surface area contributed by atoms with Crippen molar-refractivity contribution in [2.75, 3.05) is 13.2 Å². The Hall–Kier alpha value is -3.06. The SMILES string of the molecule is C[C@H](N)COc1cnc(-c2ccc(Oc3cccc(OCC4CC4)c3)cn2)o1. The molecule has 0 aliphatic heterocycles. The summed E-state index contributed by atoms with van der Waals surface area (Å²) < 4.78 is 22.6. The largest absolute Gasteiger partial charge is 0.493 e. The summed E-state index contributed by atoms with van der Waals surface area (Å²) in [6.45, 7) is 2.98. The average Bonchev–Trinajstić information content (AvgIpc) is 3.41. The lowest BCUT2D eigenvalue weighted by molar-refractivity contribution is 0.232. The number of oxazole rings is 1. The van der Waals surface area contributed by atoms with Gasteiger partial charge in [-0.2, -0.15) is 0 Å². The number of hydrogen-bond donors (Lipinski definition) is 1. The van der Waals surface area contributed by atoms with E-state index in [1.54, 1.807) is 12.3 Å². The first-order valence-electron chi connectivity index (χ1n) is 9.37. The van der Waals surface area contributed by atoms with Crippen molar-refractivity contribution in [3.05, 3.63) is 48.8 Å². The van der Waals surface area contributed by atoms with Gasteiger partial charge < -0.3 is 24.4 Å². The van der Waals surface area contributed by atoms with Crippen molar-refractivity contribution in [2.45, 2.75) is 25.8 Å². The van der Waals surface area contributed by atoms with Crippen molar-refractivity contribution in [3.63, 3.8) is 0 Å². The standard InChI is InChI=1S/C21H23N3O4/c1-14(22)12-26-20-11-24-21(28-20)19-8-7-18(10-23-19)27-17-4-2-3-16(9-17)25-13-15-5-6-15/h2-4,7-11,14-15H,5-6,12-13,22H2,1H3/t14-/m0/s1. The van der Waals surface area contributed by atoms with Crippen LogP contribution in [0, 0.1) is 5.92 Å². The molecule has 0 bridgehead atoms. The van der Waals surface area contributed by atoms with Gasteiger partial charge >= 0.3 is 5.95 Å². The smallest absolute Gasteiger partial charge is 0.305 e. The van der Waals surface area contributed by atoms with E-state index >= 15 is 0 Å². The molecule has 3 aromatic rings. The molecule has 0 saturated heterocycles. The van der Waals surface area contributed by atoms with E-state index in [1.165, 1.54) is 19.0 Å². The van der Waals surface area contributed by atoms with Crippen LogP contribution in [0.15, 0.2) is 53.2 Å². The van der Waals surface area contributed by atoms with Gasteiger partial charge in [-0.3, -0.25) is 0 Å². The van der Waals surface area contributed by atoms with E-state index in [-0.39, 0.29) is 6.04 Å². The zero-order valence-corrected chi connectivity index (χ0v) is 15.7. The van der Waals surface area contributed by atoms with Crippen LogP contribution in [0.25, 0.3) is 11.6 Å². The van der Waals surface area contributed by atoms with Gasteiger partial charge in [0.25, 0.3) is 0 Å². The third-order valence-corrected chi connectivity index (χ3v) is 4.15. The molecule has 1 aliphatic carbocycles. The predicted octanol–water partition coefficient (Wildman–Crippen LogP) is 4.04. The van der Waals surface area contributed by atoms with Crippen LogP contribution in [0.3, 0.4) is 0 Å². The van der Waals surface area contributed by atoms with Crippen LogP contribution < -0.4 is 19.9 Å². The maximum absolute atomic E-state index is 5.87. The van der Waals surface area contributed by atoms with E-state index < -0.39 is 0 Å². The van der Waals surface area contributed by atoms with E-state index in [1.807, 2.05) is 37.3 Å². The summed E-state index contributed by atoms with van der Waals surface area (Å²) in [4.78, 5) is 8.53. The van der Waals surface area contributed by atoms with Gasteiger partial charge in [-0.05, 0) is 49.9 Å². The molecule has 2 N–H and O–H groups in total. The second-order valence-corrected chi connectivity index (χ2v) is 6.98. The molecule has 2 aromatic heterocycles. The third kappa shape index (κ3) is 5.01. The Morgan fingerprint density at radius 3 is 2.68 bits per heavy atom. The highest BCUT2D eigenvalue weighted by Gasteiger charge is 2.21. The van der Waals surface area contributed by atoms with Crippen LogP contribution in [0.5, 0.6) is 23.2 Å². The summed E-state index contributed by atoms with van der Waals surface area (Å²) in [5.41, 5.74) is 6.25. The highest BCUT2D eigenvalue weighted by Crippen LogP contribution is 2.31. The molecule has 2 heterocycles. The number of benzene rings is 1. The molecular weight excluding hydrogens is 358 g/mol. The topological polar surface area (TPSA) is 92.6 Å². The molecule has 0 amide bonds. The predicted molar refractivity (Wildman–Crippen MR) is 104 cm³/mol. The maximum atomic E-state index is 5.87. The van der Waals surface area contributed by atoms with Crippen LogP contribution in [0.1, 0.15) is 19.8 Å². The van der Waals surface area contributed by atoms with Crippen LogP contribution in [0.4, 0.5) is 0 Å². The molecule has 1 atom stereocenters. The number of hydrogen-bond acceptors (Lipinski definition) is 7. The highest BCUT2D eigenvalue weighted by atomic mass is 16.6. The second-order valence-electron chi connectivity index (χ2n) is 6.98. The molecule has 1 aromatic carbocycles. The van der Waals surface area contributed by atoms with E-state index in [0.717, 1.165) is 12.4 Å². The van der Waals surface area contributed by atoms with Gasteiger partial charge in [0, 0.05) is 12.1 Å². The minimum atomic E-state index is -0.0827. The lowest BCUT2D eigenvalue weighted by Crippen LogP contribution is -2.23. The lowest BCUT2D eigenvalue weighted by atomic mass is 10.3. The number of aromatic nitrogens is 2. The van der Waals surface area contributed by atoms with Gasteiger partial charge in [0.15, 0.2) is 0 Å². The molecule has 0 unspecified atom stereocenters.